The zero-order valence-electron chi connectivity index (χ0n) is 13.3. The first-order valence-corrected chi connectivity index (χ1v) is 7.62. The van der Waals surface area contributed by atoms with E-state index in [2.05, 4.69) is 56.2 Å². The predicted octanol–water partition coefficient (Wildman–Crippen LogP) is 2.76. The third-order valence-corrected chi connectivity index (χ3v) is 4.15. The largest absolute Gasteiger partial charge is 0.381 e. The van der Waals surface area contributed by atoms with Crippen LogP contribution < -0.4 is 10.2 Å². The highest BCUT2D eigenvalue weighted by Gasteiger charge is 2.35. The van der Waals surface area contributed by atoms with Gasteiger partial charge in [-0.05, 0) is 50.1 Å². The number of nitrogens with zero attached hydrogens (tertiary/aromatic N) is 1. The predicted molar refractivity (Wildman–Crippen MR) is 85.6 cm³/mol. The quantitative estimate of drug-likeness (QED) is 0.864. The van der Waals surface area contributed by atoms with E-state index < -0.39 is 0 Å². The molecule has 0 radical (unpaired) electrons. The second kappa shape index (κ2) is 6.59. The van der Waals surface area contributed by atoms with Crippen molar-refractivity contribution in [3.8, 4) is 0 Å². The van der Waals surface area contributed by atoms with E-state index in [1.54, 1.807) is 0 Å². The molecular weight excluding hydrogens is 248 g/mol. The van der Waals surface area contributed by atoms with Gasteiger partial charge in [0, 0.05) is 37.8 Å². The van der Waals surface area contributed by atoms with Gasteiger partial charge in [0.1, 0.15) is 0 Å². The number of nitrogens with one attached hydrogen (secondary N) is 1. The molecule has 1 saturated heterocycles. The molecule has 1 aromatic carbocycles. The standard InChI is InChI=1S/C17H28N2O/c1-5-18-11-17(6-7-20-13-17)12-19(4)16-9-14(2)8-15(3)10-16/h8-10,18H,5-7,11-13H2,1-4H3. The van der Waals surface area contributed by atoms with E-state index in [4.69, 9.17) is 4.74 Å². The highest BCUT2D eigenvalue weighted by atomic mass is 16.5. The van der Waals surface area contributed by atoms with Gasteiger partial charge < -0.3 is 15.0 Å². The van der Waals surface area contributed by atoms with Crippen LogP contribution in [-0.2, 0) is 4.74 Å². The summed E-state index contributed by atoms with van der Waals surface area (Å²) < 4.78 is 5.68. The average Bonchev–Trinajstić information content (AvgIpc) is 2.84. The van der Waals surface area contributed by atoms with Gasteiger partial charge in [-0.25, -0.2) is 0 Å². The molecule has 1 unspecified atom stereocenters. The molecule has 0 spiro atoms. The Hall–Kier alpha value is -1.06. The molecule has 0 saturated carbocycles. The Morgan fingerprint density at radius 1 is 1.25 bits per heavy atom. The Bertz CT molecular complexity index is 418. The van der Waals surface area contributed by atoms with Gasteiger partial charge in [0.25, 0.3) is 0 Å². The Balaban J connectivity index is 2.09. The van der Waals surface area contributed by atoms with Crippen molar-refractivity contribution < 1.29 is 4.74 Å². The van der Waals surface area contributed by atoms with E-state index in [-0.39, 0.29) is 5.41 Å². The number of anilines is 1. The molecule has 2 rings (SSSR count). The molecule has 20 heavy (non-hydrogen) atoms. The lowest BCUT2D eigenvalue weighted by molar-refractivity contribution is 0.153. The molecule has 1 aliphatic rings. The minimum atomic E-state index is 0.252. The smallest absolute Gasteiger partial charge is 0.0552 e. The molecule has 1 aromatic rings. The van der Waals surface area contributed by atoms with Crippen LogP contribution in [0.3, 0.4) is 0 Å². The van der Waals surface area contributed by atoms with Crippen LogP contribution in [0.4, 0.5) is 5.69 Å². The molecule has 1 aliphatic heterocycles. The summed E-state index contributed by atoms with van der Waals surface area (Å²) in [5, 5.41) is 3.50. The lowest BCUT2D eigenvalue weighted by Crippen LogP contribution is -2.43. The van der Waals surface area contributed by atoms with Crippen molar-refractivity contribution in [2.24, 2.45) is 5.41 Å². The topological polar surface area (TPSA) is 24.5 Å². The molecule has 0 bridgehead atoms. The van der Waals surface area contributed by atoms with Gasteiger partial charge in [-0.15, -0.1) is 0 Å². The molecule has 112 valence electrons. The molecule has 3 nitrogen and oxygen atoms in total. The summed E-state index contributed by atoms with van der Waals surface area (Å²) in [5.41, 5.74) is 4.22. The van der Waals surface area contributed by atoms with Crippen LogP contribution >= 0.6 is 0 Å². The molecule has 0 aliphatic carbocycles. The average molecular weight is 276 g/mol. The number of ether oxygens (including phenoxy) is 1. The van der Waals surface area contributed by atoms with Crippen molar-refractivity contribution in [3.63, 3.8) is 0 Å². The lowest BCUT2D eigenvalue weighted by atomic mass is 9.86. The summed E-state index contributed by atoms with van der Waals surface area (Å²) in [6.45, 7) is 11.4. The first-order valence-electron chi connectivity index (χ1n) is 7.62. The van der Waals surface area contributed by atoms with Gasteiger partial charge in [0.2, 0.25) is 0 Å². The van der Waals surface area contributed by atoms with E-state index in [0.29, 0.717) is 0 Å². The van der Waals surface area contributed by atoms with E-state index in [1.165, 1.54) is 16.8 Å². The summed E-state index contributed by atoms with van der Waals surface area (Å²) in [7, 11) is 2.19. The summed E-state index contributed by atoms with van der Waals surface area (Å²) >= 11 is 0. The summed E-state index contributed by atoms with van der Waals surface area (Å²) in [5.74, 6) is 0. The van der Waals surface area contributed by atoms with Crippen molar-refractivity contribution in [1.29, 1.82) is 0 Å². The molecule has 1 N–H and O–H groups in total. The molecule has 1 heterocycles. The number of rotatable bonds is 6. The van der Waals surface area contributed by atoms with Crippen LogP contribution in [0.5, 0.6) is 0 Å². The first kappa shape index (κ1) is 15.3. The lowest BCUT2D eigenvalue weighted by Gasteiger charge is -2.34. The van der Waals surface area contributed by atoms with E-state index in [9.17, 15) is 0 Å². The summed E-state index contributed by atoms with van der Waals surface area (Å²) in [6, 6.07) is 6.76. The maximum Gasteiger partial charge on any atom is 0.0552 e. The number of hydrogen-bond acceptors (Lipinski definition) is 3. The Labute approximate surface area is 123 Å². The molecule has 1 atom stereocenters. The van der Waals surface area contributed by atoms with E-state index in [1.807, 2.05) is 0 Å². The first-order chi connectivity index (χ1) is 9.54. The second-order valence-electron chi connectivity index (χ2n) is 6.28. The fraction of sp³-hybridized carbons (Fsp3) is 0.647. The Kier molecular flexibility index (Phi) is 5.06. The minimum Gasteiger partial charge on any atom is -0.381 e. The zero-order valence-corrected chi connectivity index (χ0v) is 13.3. The van der Waals surface area contributed by atoms with Crippen LogP contribution in [-0.4, -0.2) is 39.9 Å². The van der Waals surface area contributed by atoms with Crippen LogP contribution in [0, 0.1) is 19.3 Å². The monoisotopic (exact) mass is 276 g/mol. The minimum absolute atomic E-state index is 0.252. The van der Waals surface area contributed by atoms with Crippen molar-refractivity contribution in [2.75, 3.05) is 44.8 Å². The van der Waals surface area contributed by atoms with Gasteiger partial charge in [0.15, 0.2) is 0 Å². The molecular formula is C17H28N2O. The van der Waals surface area contributed by atoms with E-state index in [0.717, 1.165) is 39.3 Å². The molecule has 3 heteroatoms. The summed E-state index contributed by atoms with van der Waals surface area (Å²) in [4.78, 5) is 2.38. The van der Waals surface area contributed by atoms with Crippen molar-refractivity contribution >= 4 is 5.69 Å². The van der Waals surface area contributed by atoms with Crippen molar-refractivity contribution in [2.45, 2.75) is 27.2 Å². The highest BCUT2D eigenvalue weighted by molar-refractivity contribution is 5.50. The maximum atomic E-state index is 5.68. The molecule has 1 fully saturated rings. The third kappa shape index (κ3) is 3.74. The highest BCUT2D eigenvalue weighted by Crippen LogP contribution is 2.31. The van der Waals surface area contributed by atoms with Gasteiger partial charge in [0.05, 0.1) is 6.61 Å². The number of benzene rings is 1. The van der Waals surface area contributed by atoms with E-state index >= 15 is 0 Å². The van der Waals surface area contributed by atoms with Gasteiger partial charge in [-0.2, -0.15) is 0 Å². The Morgan fingerprint density at radius 3 is 2.50 bits per heavy atom. The van der Waals surface area contributed by atoms with Crippen LogP contribution in [0.15, 0.2) is 18.2 Å². The number of aryl methyl sites for hydroxylation is 2. The van der Waals surface area contributed by atoms with Crippen LogP contribution in [0.2, 0.25) is 0 Å². The van der Waals surface area contributed by atoms with Gasteiger partial charge in [-0.1, -0.05) is 13.0 Å². The van der Waals surface area contributed by atoms with Crippen LogP contribution in [0.1, 0.15) is 24.5 Å². The van der Waals surface area contributed by atoms with Gasteiger partial charge >= 0.3 is 0 Å². The number of hydrogen-bond donors (Lipinski definition) is 1. The normalized spacial score (nSPS) is 22.2. The van der Waals surface area contributed by atoms with Crippen molar-refractivity contribution in [1.82, 2.24) is 5.32 Å². The van der Waals surface area contributed by atoms with Crippen LogP contribution in [0.25, 0.3) is 0 Å². The SMILES string of the molecule is CCNCC1(CN(C)c2cc(C)cc(C)c2)CCOC1. The molecule has 0 aromatic heterocycles. The zero-order chi connectivity index (χ0) is 14.6. The molecule has 0 amide bonds. The fourth-order valence-corrected chi connectivity index (χ4v) is 3.13. The Morgan fingerprint density at radius 2 is 1.95 bits per heavy atom. The maximum absolute atomic E-state index is 5.68. The third-order valence-electron chi connectivity index (χ3n) is 4.15. The second-order valence-corrected chi connectivity index (χ2v) is 6.28. The summed E-state index contributed by atoms with van der Waals surface area (Å²) in [6.07, 6.45) is 1.15. The van der Waals surface area contributed by atoms with Crippen molar-refractivity contribution in [3.05, 3.63) is 29.3 Å². The van der Waals surface area contributed by atoms with Gasteiger partial charge in [-0.3, -0.25) is 0 Å². The fourth-order valence-electron chi connectivity index (χ4n) is 3.13.